The van der Waals surface area contributed by atoms with Crippen LogP contribution in [0.3, 0.4) is 0 Å². The average molecular weight is 234 g/mol. The summed E-state index contributed by atoms with van der Waals surface area (Å²) in [6, 6.07) is 5.49. The van der Waals surface area contributed by atoms with E-state index in [9.17, 15) is 4.79 Å². The lowest BCUT2D eigenvalue weighted by Crippen LogP contribution is -2.20. The molecule has 0 saturated heterocycles. The van der Waals surface area contributed by atoms with E-state index in [1.54, 1.807) is 13.2 Å². The first kappa shape index (κ1) is 13.1. The molecule has 4 heteroatoms. The Morgan fingerprint density at radius 3 is 2.94 bits per heavy atom. The predicted octanol–water partition coefficient (Wildman–Crippen LogP) is 1.82. The highest BCUT2D eigenvalue weighted by atomic mass is 16.5. The van der Waals surface area contributed by atoms with Gasteiger partial charge in [0.2, 0.25) is 5.91 Å². The van der Waals surface area contributed by atoms with Gasteiger partial charge in [0.25, 0.3) is 0 Å². The minimum atomic E-state index is -0.0139. The Morgan fingerprint density at radius 2 is 2.29 bits per heavy atom. The molecule has 17 heavy (non-hydrogen) atoms. The summed E-state index contributed by atoms with van der Waals surface area (Å²) in [6.07, 6.45) is 4.70. The van der Waals surface area contributed by atoms with Crippen molar-refractivity contribution >= 4 is 17.7 Å². The van der Waals surface area contributed by atoms with Crippen LogP contribution >= 0.6 is 0 Å². The molecule has 4 nitrogen and oxygen atoms in total. The van der Waals surface area contributed by atoms with E-state index >= 15 is 0 Å². The average Bonchev–Trinajstić information content (AvgIpc) is 2.28. The highest BCUT2D eigenvalue weighted by molar-refractivity contribution is 5.72. The number of carbonyl (C=O) groups is 1. The normalized spacial score (nSPS) is 10.5. The number of nitrogens with one attached hydrogen (secondary N) is 1. The molecule has 3 N–H and O–H groups in total. The van der Waals surface area contributed by atoms with Crippen LogP contribution in [0.2, 0.25) is 0 Å². The summed E-state index contributed by atoms with van der Waals surface area (Å²) < 4.78 is 5.22. The Hall–Kier alpha value is -1.97. The van der Waals surface area contributed by atoms with E-state index in [1.807, 2.05) is 24.3 Å². The SMILES string of the molecule is COc1ccc(N)cc1C=CCCNC(C)=O. The minimum Gasteiger partial charge on any atom is -0.496 e. The van der Waals surface area contributed by atoms with Crippen molar-refractivity contribution in [3.63, 3.8) is 0 Å². The van der Waals surface area contributed by atoms with Crippen LogP contribution in [-0.4, -0.2) is 19.6 Å². The van der Waals surface area contributed by atoms with Gasteiger partial charge >= 0.3 is 0 Å². The van der Waals surface area contributed by atoms with Gasteiger partial charge in [0.1, 0.15) is 5.75 Å². The zero-order valence-electron chi connectivity index (χ0n) is 10.2. The lowest BCUT2D eigenvalue weighted by molar-refractivity contribution is -0.118. The molecular formula is C13H18N2O2. The van der Waals surface area contributed by atoms with Gasteiger partial charge in [-0.2, -0.15) is 0 Å². The fourth-order valence-corrected chi connectivity index (χ4v) is 1.42. The van der Waals surface area contributed by atoms with Crippen LogP contribution in [0, 0.1) is 0 Å². The summed E-state index contributed by atoms with van der Waals surface area (Å²) in [5, 5.41) is 2.73. The van der Waals surface area contributed by atoms with Crippen molar-refractivity contribution in [2.45, 2.75) is 13.3 Å². The third-order valence-electron chi connectivity index (χ3n) is 2.24. The minimum absolute atomic E-state index is 0.0139. The van der Waals surface area contributed by atoms with Crippen LogP contribution in [0.4, 0.5) is 5.69 Å². The number of rotatable bonds is 5. The highest BCUT2D eigenvalue weighted by Crippen LogP contribution is 2.22. The van der Waals surface area contributed by atoms with E-state index in [-0.39, 0.29) is 5.91 Å². The fourth-order valence-electron chi connectivity index (χ4n) is 1.42. The van der Waals surface area contributed by atoms with Crippen molar-refractivity contribution in [3.8, 4) is 5.75 Å². The number of methoxy groups -OCH3 is 1. The number of carbonyl (C=O) groups excluding carboxylic acids is 1. The second-order valence-corrected chi connectivity index (χ2v) is 3.68. The molecule has 1 aromatic rings. The van der Waals surface area contributed by atoms with Gasteiger partial charge in [-0.1, -0.05) is 12.2 Å². The molecule has 92 valence electrons. The molecule has 0 spiro atoms. The summed E-state index contributed by atoms with van der Waals surface area (Å²) in [6.45, 7) is 2.14. The fraction of sp³-hybridized carbons (Fsp3) is 0.308. The van der Waals surface area contributed by atoms with E-state index in [2.05, 4.69) is 5.32 Å². The van der Waals surface area contributed by atoms with Crippen molar-refractivity contribution in [3.05, 3.63) is 29.8 Å². The van der Waals surface area contributed by atoms with Gasteiger partial charge in [-0.15, -0.1) is 0 Å². The maximum atomic E-state index is 10.7. The number of anilines is 1. The number of nitrogen functional groups attached to an aromatic ring is 1. The van der Waals surface area contributed by atoms with Crippen molar-refractivity contribution in [2.75, 3.05) is 19.4 Å². The first-order valence-electron chi connectivity index (χ1n) is 5.48. The van der Waals surface area contributed by atoms with Gasteiger partial charge in [-0.25, -0.2) is 0 Å². The van der Waals surface area contributed by atoms with Crippen LogP contribution in [0.1, 0.15) is 18.9 Å². The van der Waals surface area contributed by atoms with Gasteiger partial charge < -0.3 is 15.8 Å². The molecule has 0 heterocycles. The van der Waals surface area contributed by atoms with Crippen LogP contribution in [0.15, 0.2) is 24.3 Å². The standard InChI is InChI=1S/C13H18N2O2/c1-10(16)15-8-4-3-5-11-9-12(14)6-7-13(11)17-2/h3,5-7,9H,4,8,14H2,1-2H3,(H,15,16). The van der Waals surface area contributed by atoms with Gasteiger partial charge in [-0.3, -0.25) is 4.79 Å². The van der Waals surface area contributed by atoms with E-state index in [0.29, 0.717) is 12.2 Å². The number of amides is 1. The molecule has 0 radical (unpaired) electrons. The Kier molecular flexibility index (Phi) is 5.07. The maximum absolute atomic E-state index is 10.7. The Bertz CT molecular complexity index is 414. The Labute approximate surface area is 101 Å². The molecular weight excluding hydrogens is 216 g/mol. The van der Waals surface area contributed by atoms with E-state index in [0.717, 1.165) is 17.7 Å². The van der Waals surface area contributed by atoms with Crippen LogP contribution in [-0.2, 0) is 4.79 Å². The van der Waals surface area contributed by atoms with Crippen LogP contribution in [0.25, 0.3) is 6.08 Å². The first-order chi connectivity index (χ1) is 8.13. The van der Waals surface area contributed by atoms with Crippen molar-refractivity contribution in [1.29, 1.82) is 0 Å². The second-order valence-electron chi connectivity index (χ2n) is 3.68. The lowest BCUT2D eigenvalue weighted by atomic mass is 10.1. The lowest BCUT2D eigenvalue weighted by Gasteiger charge is -2.05. The maximum Gasteiger partial charge on any atom is 0.216 e. The van der Waals surface area contributed by atoms with Gasteiger partial charge in [0.15, 0.2) is 0 Å². The quantitative estimate of drug-likeness (QED) is 0.603. The molecule has 1 rings (SSSR count). The molecule has 0 fully saturated rings. The Balaban J connectivity index is 2.57. The number of ether oxygens (including phenoxy) is 1. The molecule has 1 aromatic carbocycles. The molecule has 0 aliphatic rings. The van der Waals surface area contributed by atoms with Gasteiger partial charge in [0.05, 0.1) is 7.11 Å². The number of hydrogen-bond donors (Lipinski definition) is 2. The second kappa shape index (κ2) is 6.58. The number of nitrogens with two attached hydrogens (primary N) is 1. The third kappa shape index (κ3) is 4.59. The van der Waals surface area contributed by atoms with Crippen LogP contribution in [0.5, 0.6) is 5.75 Å². The molecule has 0 saturated carbocycles. The summed E-state index contributed by atoms with van der Waals surface area (Å²) in [4.78, 5) is 10.7. The van der Waals surface area contributed by atoms with Gasteiger partial charge in [0, 0.05) is 24.7 Å². The van der Waals surface area contributed by atoms with Crippen molar-refractivity contribution < 1.29 is 9.53 Å². The molecule has 0 unspecified atom stereocenters. The zero-order chi connectivity index (χ0) is 12.7. The summed E-state index contributed by atoms with van der Waals surface area (Å²) in [5.41, 5.74) is 7.35. The molecule has 0 atom stereocenters. The highest BCUT2D eigenvalue weighted by Gasteiger charge is 1.99. The Morgan fingerprint density at radius 1 is 1.53 bits per heavy atom. The van der Waals surface area contributed by atoms with Crippen LogP contribution < -0.4 is 15.8 Å². The largest absolute Gasteiger partial charge is 0.496 e. The summed E-state index contributed by atoms with van der Waals surface area (Å²) in [7, 11) is 1.63. The van der Waals surface area contributed by atoms with Crippen molar-refractivity contribution in [2.24, 2.45) is 0 Å². The summed E-state index contributed by atoms with van der Waals surface area (Å²) in [5.74, 6) is 0.773. The predicted molar refractivity (Wildman–Crippen MR) is 69.7 cm³/mol. The number of benzene rings is 1. The molecule has 0 aromatic heterocycles. The van der Waals surface area contributed by atoms with Crippen molar-refractivity contribution in [1.82, 2.24) is 5.32 Å². The van der Waals surface area contributed by atoms with E-state index in [1.165, 1.54) is 6.92 Å². The first-order valence-corrected chi connectivity index (χ1v) is 5.48. The monoisotopic (exact) mass is 234 g/mol. The molecule has 1 amide bonds. The third-order valence-corrected chi connectivity index (χ3v) is 2.24. The van der Waals surface area contributed by atoms with E-state index in [4.69, 9.17) is 10.5 Å². The molecule has 0 bridgehead atoms. The molecule has 0 aliphatic carbocycles. The summed E-state index contributed by atoms with van der Waals surface area (Å²) >= 11 is 0. The molecule has 0 aliphatic heterocycles. The topological polar surface area (TPSA) is 64.3 Å². The zero-order valence-corrected chi connectivity index (χ0v) is 10.2. The number of hydrogen-bond acceptors (Lipinski definition) is 3. The van der Waals surface area contributed by atoms with E-state index < -0.39 is 0 Å². The van der Waals surface area contributed by atoms with Gasteiger partial charge in [-0.05, 0) is 24.6 Å². The smallest absolute Gasteiger partial charge is 0.216 e.